The fraction of sp³-hybridized carbons (Fsp3) is 0.571. The molecular formula is C35H51N2NaO4. The molecule has 0 aliphatic rings. The van der Waals surface area contributed by atoms with Crippen molar-refractivity contribution in [2.24, 2.45) is 4.99 Å². The van der Waals surface area contributed by atoms with E-state index < -0.39 is 24.0 Å². The zero-order chi connectivity index (χ0) is 29.5. The van der Waals surface area contributed by atoms with Crippen LogP contribution in [0.2, 0.25) is 0 Å². The van der Waals surface area contributed by atoms with Gasteiger partial charge in [-0.15, -0.1) is 0 Å². The zero-order valence-corrected chi connectivity index (χ0v) is 28.1. The first-order valence-electron chi connectivity index (χ1n) is 15.9. The average Bonchev–Trinajstić information content (AvgIpc) is 2.98. The van der Waals surface area contributed by atoms with Crippen molar-refractivity contribution >= 4 is 17.8 Å². The van der Waals surface area contributed by atoms with Crippen LogP contribution in [0.3, 0.4) is 0 Å². The number of carboxylic acid groups (broad SMARTS) is 1. The van der Waals surface area contributed by atoms with Crippen LogP contribution in [0.25, 0.3) is 0 Å². The molecule has 0 unspecified atom stereocenters. The molecule has 0 aromatic heterocycles. The van der Waals surface area contributed by atoms with Crippen LogP contribution in [0, 0.1) is 0 Å². The summed E-state index contributed by atoms with van der Waals surface area (Å²) in [5, 5.41) is 25.0. The molecule has 0 saturated carbocycles. The third-order valence-electron chi connectivity index (χ3n) is 7.54. The van der Waals surface area contributed by atoms with Crippen molar-refractivity contribution in [1.82, 2.24) is 5.32 Å². The predicted octanol–water partition coefficient (Wildman–Crippen LogP) is 4.56. The number of carboxylic acids is 1. The van der Waals surface area contributed by atoms with Crippen LogP contribution in [0.4, 0.5) is 0 Å². The summed E-state index contributed by atoms with van der Waals surface area (Å²) in [6, 6.07) is 15.7. The Hall–Kier alpha value is -2.15. The van der Waals surface area contributed by atoms with Crippen LogP contribution in [0.1, 0.15) is 127 Å². The molecule has 0 aliphatic heterocycles. The van der Waals surface area contributed by atoms with Crippen molar-refractivity contribution in [2.45, 2.75) is 128 Å². The molecule has 0 spiro atoms. The van der Waals surface area contributed by atoms with Crippen molar-refractivity contribution in [1.29, 1.82) is 0 Å². The molecule has 2 aromatic carbocycles. The molecule has 2 aromatic rings. The van der Waals surface area contributed by atoms with Crippen molar-refractivity contribution < 1.29 is 49.4 Å². The van der Waals surface area contributed by atoms with Gasteiger partial charge in [0.05, 0.1) is 0 Å². The zero-order valence-electron chi connectivity index (χ0n) is 26.1. The number of unbranched alkanes of at least 4 members (excludes halogenated alkanes) is 14. The Balaban J connectivity index is 0.00000882. The van der Waals surface area contributed by atoms with Crippen molar-refractivity contribution in [3.05, 3.63) is 71.8 Å². The number of hydrogen-bond donors (Lipinski definition) is 2. The fourth-order valence-electron chi connectivity index (χ4n) is 5.09. The van der Waals surface area contributed by atoms with Gasteiger partial charge in [0, 0.05) is 6.42 Å². The number of carbonyl (C=O) groups excluding carboxylic acids is 1. The summed E-state index contributed by atoms with van der Waals surface area (Å²) in [5.74, 6) is -2.02. The van der Waals surface area contributed by atoms with Gasteiger partial charge in [-0.05, 0) is 29.9 Å². The number of aliphatic carboxylic acids is 1. The quantitative estimate of drug-likeness (QED) is 0.0863. The third-order valence-corrected chi connectivity index (χ3v) is 7.54. The Morgan fingerprint density at radius 2 is 1.19 bits per heavy atom. The van der Waals surface area contributed by atoms with Gasteiger partial charge in [-0.25, -0.2) is 4.79 Å². The summed E-state index contributed by atoms with van der Waals surface area (Å²) >= 11 is 0. The van der Waals surface area contributed by atoms with E-state index in [0.717, 1.165) is 24.8 Å². The van der Waals surface area contributed by atoms with Crippen LogP contribution in [0.5, 0.6) is 0 Å². The Bertz CT molecular complexity index is 1000. The van der Waals surface area contributed by atoms with E-state index in [1.165, 1.54) is 77.0 Å². The average molecular weight is 587 g/mol. The molecule has 0 fully saturated rings. The van der Waals surface area contributed by atoms with Crippen LogP contribution in [-0.4, -0.2) is 28.9 Å². The van der Waals surface area contributed by atoms with E-state index in [-0.39, 0.29) is 41.9 Å². The summed E-state index contributed by atoms with van der Waals surface area (Å²) in [4.78, 5) is 29.3. The van der Waals surface area contributed by atoms with Gasteiger partial charge < -0.3 is 15.5 Å². The summed E-state index contributed by atoms with van der Waals surface area (Å²) in [6.07, 6.45) is 19.4. The summed E-state index contributed by atoms with van der Waals surface area (Å²) in [6.45, 7) is 2.26. The maximum absolute atomic E-state index is 13.2. The summed E-state index contributed by atoms with van der Waals surface area (Å²) in [5.41, 5.74) is 1.33. The first-order chi connectivity index (χ1) is 20.0. The largest absolute Gasteiger partial charge is 1.00 e. The first kappa shape index (κ1) is 37.9. The molecule has 7 heteroatoms. The van der Waals surface area contributed by atoms with Gasteiger partial charge in [-0.1, -0.05) is 157 Å². The molecule has 0 aliphatic carbocycles. The van der Waals surface area contributed by atoms with E-state index in [0.29, 0.717) is 12.0 Å². The molecule has 6 nitrogen and oxygen atoms in total. The third kappa shape index (κ3) is 17.1. The number of benzene rings is 2. The van der Waals surface area contributed by atoms with Crippen molar-refractivity contribution in [3.63, 3.8) is 0 Å². The minimum Gasteiger partial charge on any atom is -0.862 e. The minimum absolute atomic E-state index is 0. The molecule has 2 rings (SSSR count). The second kappa shape index (κ2) is 24.3. The molecule has 42 heavy (non-hydrogen) atoms. The van der Waals surface area contributed by atoms with E-state index in [9.17, 15) is 19.8 Å². The van der Waals surface area contributed by atoms with Gasteiger partial charge in [0.1, 0.15) is 6.04 Å². The number of amides is 1. The number of hydrogen-bond acceptors (Lipinski definition) is 4. The van der Waals surface area contributed by atoms with Gasteiger partial charge in [-0.3, -0.25) is 9.79 Å². The molecule has 1 amide bonds. The molecule has 2 atom stereocenters. The number of rotatable bonds is 23. The van der Waals surface area contributed by atoms with Gasteiger partial charge in [0.15, 0.2) is 6.04 Å². The Kier molecular flexibility index (Phi) is 21.9. The second-order valence-corrected chi connectivity index (χ2v) is 11.1. The van der Waals surface area contributed by atoms with E-state index in [2.05, 4.69) is 17.2 Å². The Labute approximate surface area is 276 Å². The smallest absolute Gasteiger partial charge is 0.862 e. The SMILES string of the molecule is CCCCCCCCCCCCCCCCCC([O-])=N[C@@H](Cc1ccccc1)C(=O)N[C@@H](C(=O)O)c1ccccc1.[Na+]. The molecule has 0 bridgehead atoms. The summed E-state index contributed by atoms with van der Waals surface area (Å²) in [7, 11) is 0. The predicted molar refractivity (Wildman–Crippen MR) is 166 cm³/mol. The standard InChI is InChI=1S/C35H52N2O4.Na/c1-2-3-4-5-6-7-8-9-10-11-12-13-14-15-22-27-32(38)36-31(28-29-23-18-16-19-24-29)34(39)37-33(35(40)41)30-25-20-17-21-26-30;/h16-21,23-26,31,33H,2-15,22,27-28H2,1H3,(H,36,38)(H,37,39)(H,40,41);/q;+1/p-1/t31-,33+;/m0./s1. The molecule has 226 valence electrons. The maximum atomic E-state index is 13.2. The van der Waals surface area contributed by atoms with Crippen LogP contribution in [0.15, 0.2) is 65.7 Å². The number of nitrogens with one attached hydrogen (secondary N) is 1. The Morgan fingerprint density at radius 3 is 1.67 bits per heavy atom. The van der Waals surface area contributed by atoms with E-state index >= 15 is 0 Å². The van der Waals surface area contributed by atoms with E-state index in [1.54, 1.807) is 30.3 Å². The number of aliphatic imine (C=N–C) groups is 1. The molecule has 0 heterocycles. The topological polar surface area (TPSA) is 102 Å². The van der Waals surface area contributed by atoms with E-state index in [1.807, 2.05) is 30.3 Å². The van der Waals surface area contributed by atoms with Crippen LogP contribution in [-0.2, 0) is 16.0 Å². The second-order valence-electron chi connectivity index (χ2n) is 11.1. The van der Waals surface area contributed by atoms with Crippen molar-refractivity contribution in [2.75, 3.05) is 0 Å². The van der Waals surface area contributed by atoms with Crippen LogP contribution < -0.4 is 40.0 Å². The van der Waals surface area contributed by atoms with Gasteiger partial charge >= 0.3 is 35.5 Å². The van der Waals surface area contributed by atoms with E-state index in [4.69, 9.17) is 0 Å². The molecule has 0 radical (unpaired) electrons. The normalized spacial score (nSPS) is 12.7. The van der Waals surface area contributed by atoms with Crippen molar-refractivity contribution in [3.8, 4) is 0 Å². The van der Waals surface area contributed by atoms with Gasteiger partial charge in [0.25, 0.3) is 0 Å². The molecular weight excluding hydrogens is 535 g/mol. The number of carbonyl (C=O) groups is 2. The minimum atomic E-state index is -1.21. The Morgan fingerprint density at radius 1 is 0.738 bits per heavy atom. The summed E-state index contributed by atoms with van der Waals surface area (Å²) < 4.78 is 0. The maximum Gasteiger partial charge on any atom is 1.00 e. The monoisotopic (exact) mass is 586 g/mol. The first-order valence-corrected chi connectivity index (χ1v) is 15.9. The van der Waals surface area contributed by atoms with Gasteiger partial charge in [0.2, 0.25) is 5.91 Å². The fourth-order valence-corrected chi connectivity index (χ4v) is 5.09. The molecule has 2 N–H and O–H groups in total. The number of nitrogens with zero attached hydrogens (tertiary/aromatic N) is 1. The molecule has 0 saturated heterocycles. The van der Waals surface area contributed by atoms with Gasteiger partial charge in [-0.2, -0.15) is 0 Å². The van der Waals surface area contributed by atoms with Crippen LogP contribution >= 0.6 is 0 Å².